The summed E-state index contributed by atoms with van der Waals surface area (Å²) in [5.74, 6) is -0.771. The first-order chi connectivity index (χ1) is 15.9. The van der Waals surface area contributed by atoms with Crippen LogP contribution in [-0.2, 0) is 21.0 Å². The normalized spacial score (nSPS) is 11.7. The van der Waals surface area contributed by atoms with Crippen molar-refractivity contribution in [2.24, 2.45) is 0 Å². The molecule has 0 unspecified atom stereocenters. The summed E-state index contributed by atoms with van der Waals surface area (Å²) >= 11 is 5.92. The van der Waals surface area contributed by atoms with E-state index in [4.69, 9.17) is 16.3 Å². The Kier molecular flexibility index (Phi) is 7.42. The highest BCUT2D eigenvalue weighted by Gasteiger charge is 2.32. The van der Waals surface area contributed by atoms with Gasteiger partial charge >= 0.3 is 6.18 Å². The quantitative estimate of drug-likeness (QED) is 0.453. The van der Waals surface area contributed by atoms with Gasteiger partial charge in [-0.2, -0.15) is 13.2 Å². The molecule has 0 saturated heterocycles. The van der Waals surface area contributed by atoms with E-state index in [9.17, 15) is 26.4 Å². The van der Waals surface area contributed by atoms with E-state index in [-0.39, 0.29) is 22.0 Å². The number of hydrogen-bond donors (Lipinski definition) is 1. The molecule has 0 aliphatic rings. The van der Waals surface area contributed by atoms with Crippen LogP contribution in [0, 0.1) is 6.92 Å². The Morgan fingerprint density at radius 2 is 1.74 bits per heavy atom. The Labute approximate surface area is 200 Å². The summed E-state index contributed by atoms with van der Waals surface area (Å²) in [6.45, 7) is 0.989. The van der Waals surface area contributed by atoms with Gasteiger partial charge in [-0.25, -0.2) is 8.42 Å². The molecule has 0 bridgehead atoms. The second kappa shape index (κ2) is 9.94. The SMILES string of the molecule is COc1ccc(C)cc1S(=O)(=O)N(CC(=O)Nc1cccc(C(F)(F)F)c1)c1ccc(Cl)cc1. The van der Waals surface area contributed by atoms with Gasteiger partial charge < -0.3 is 10.1 Å². The van der Waals surface area contributed by atoms with Gasteiger partial charge in [-0.05, 0) is 67.1 Å². The third-order valence-electron chi connectivity index (χ3n) is 4.76. The van der Waals surface area contributed by atoms with Gasteiger partial charge in [0.2, 0.25) is 5.91 Å². The lowest BCUT2D eigenvalue weighted by Gasteiger charge is -2.25. The third kappa shape index (κ3) is 5.81. The average molecular weight is 513 g/mol. The molecule has 0 aliphatic carbocycles. The maximum Gasteiger partial charge on any atom is 0.416 e. The number of carbonyl (C=O) groups is 1. The van der Waals surface area contributed by atoms with Crippen LogP contribution in [0.5, 0.6) is 5.75 Å². The van der Waals surface area contributed by atoms with E-state index in [2.05, 4.69) is 5.32 Å². The lowest BCUT2D eigenvalue weighted by molar-refractivity contribution is -0.137. The van der Waals surface area contributed by atoms with Crippen molar-refractivity contribution < 1.29 is 31.1 Å². The van der Waals surface area contributed by atoms with Gasteiger partial charge in [-0.15, -0.1) is 0 Å². The standard InChI is InChI=1S/C23H20ClF3N2O4S/c1-15-6-11-20(33-2)21(12-15)34(31,32)29(19-9-7-17(24)8-10-19)14-22(30)28-18-5-3-4-16(13-18)23(25,26)27/h3-13H,14H2,1-2H3,(H,28,30). The number of aryl methyl sites for hydroxylation is 1. The first-order valence-electron chi connectivity index (χ1n) is 9.82. The number of hydrogen-bond acceptors (Lipinski definition) is 4. The molecule has 0 spiro atoms. The second-order valence-corrected chi connectivity index (χ2v) is 9.54. The number of amides is 1. The van der Waals surface area contributed by atoms with E-state index >= 15 is 0 Å². The second-order valence-electron chi connectivity index (χ2n) is 7.27. The molecule has 1 amide bonds. The molecule has 1 N–H and O–H groups in total. The molecule has 0 atom stereocenters. The van der Waals surface area contributed by atoms with E-state index in [1.54, 1.807) is 13.0 Å². The monoisotopic (exact) mass is 512 g/mol. The molecule has 0 heterocycles. The van der Waals surface area contributed by atoms with Gasteiger partial charge in [0.1, 0.15) is 17.2 Å². The number of anilines is 2. The molecule has 0 aliphatic heterocycles. The highest BCUT2D eigenvalue weighted by Crippen LogP contribution is 2.32. The topological polar surface area (TPSA) is 75.7 Å². The van der Waals surface area contributed by atoms with Crippen LogP contribution in [0.1, 0.15) is 11.1 Å². The Hall–Kier alpha value is -3.24. The summed E-state index contributed by atoms with van der Waals surface area (Å²) in [4.78, 5) is 12.6. The predicted molar refractivity (Wildman–Crippen MR) is 124 cm³/mol. The van der Waals surface area contributed by atoms with Crippen molar-refractivity contribution in [3.05, 3.63) is 82.9 Å². The van der Waals surface area contributed by atoms with Crippen molar-refractivity contribution in [1.82, 2.24) is 0 Å². The molecule has 11 heteroatoms. The number of alkyl halides is 3. The van der Waals surface area contributed by atoms with Crippen LogP contribution in [0.2, 0.25) is 5.02 Å². The minimum absolute atomic E-state index is 0.0721. The number of nitrogens with one attached hydrogen (secondary N) is 1. The van der Waals surface area contributed by atoms with Gasteiger partial charge in [-0.3, -0.25) is 9.10 Å². The first-order valence-corrected chi connectivity index (χ1v) is 11.6. The molecule has 0 radical (unpaired) electrons. The van der Waals surface area contributed by atoms with Crippen LogP contribution >= 0.6 is 11.6 Å². The summed E-state index contributed by atoms with van der Waals surface area (Å²) < 4.78 is 72.2. The fourth-order valence-electron chi connectivity index (χ4n) is 3.13. The van der Waals surface area contributed by atoms with E-state index < -0.39 is 34.2 Å². The highest BCUT2D eigenvalue weighted by molar-refractivity contribution is 7.93. The summed E-state index contributed by atoms with van der Waals surface area (Å²) in [5, 5.41) is 2.68. The van der Waals surface area contributed by atoms with Crippen molar-refractivity contribution >= 4 is 38.9 Å². The lowest BCUT2D eigenvalue weighted by Crippen LogP contribution is -2.38. The Bertz CT molecular complexity index is 1300. The van der Waals surface area contributed by atoms with Crippen molar-refractivity contribution in [2.75, 3.05) is 23.3 Å². The van der Waals surface area contributed by atoms with E-state index in [0.29, 0.717) is 10.6 Å². The van der Waals surface area contributed by atoms with Gasteiger partial charge in [0.05, 0.1) is 18.4 Å². The number of carbonyl (C=O) groups excluding carboxylic acids is 1. The summed E-state index contributed by atoms with van der Waals surface area (Å²) in [5.41, 5.74) is -0.297. The minimum Gasteiger partial charge on any atom is -0.495 e. The maximum absolute atomic E-state index is 13.6. The highest BCUT2D eigenvalue weighted by atomic mass is 35.5. The van der Waals surface area contributed by atoms with Crippen LogP contribution in [0.3, 0.4) is 0 Å². The van der Waals surface area contributed by atoms with Crippen LogP contribution in [0.4, 0.5) is 24.5 Å². The molecule has 0 fully saturated rings. The largest absolute Gasteiger partial charge is 0.495 e. The zero-order chi connectivity index (χ0) is 25.1. The molecular weight excluding hydrogens is 493 g/mol. The number of ether oxygens (including phenoxy) is 1. The van der Waals surface area contributed by atoms with Crippen molar-refractivity contribution in [3.63, 3.8) is 0 Å². The molecular formula is C23H20ClF3N2O4S. The summed E-state index contributed by atoms with van der Waals surface area (Å²) in [7, 11) is -3.01. The van der Waals surface area contributed by atoms with Gasteiger partial charge in [-0.1, -0.05) is 23.7 Å². The molecule has 3 aromatic rings. The van der Waals surface area contributed by atoms with Crippen LogP contribution in [0.25, 0.3) is 0 Å². The number of halogens is 4. The molecule has 34 heavy (non-hydrogen) atoms. The van der Waals surface area contributed by atoms with E-state index in [0.717, 1.165) is 22.5 Å². The fourth-order valence-corrected chi connectivity index (χ4v) is 4.92. The Morgan fingerprint density at radius 1 is 1.06 bits per heavy atom. The lowest BCUT2D eigenvalue weighted by atomic mass is 10.2. The first kappa shape index (κ1) is 25.4. The van der Waals surface area contributed by atoms with Crippen LogP contribution in [0.15, 0.2) is 71.6 Å². The minimum atomic E-state index is -4.60. The van der Waals surface area contributed by atoms with E-state index in [1.807, 2.05) is 0 Å². The zero-order valence-corrected chi connectivity index (χ0v) is 19.6. The van der Waals surface area contributed by atoms with Crippen molar-refractivity contribution in [3.8, 4) is 5.75 Å². The molecule has 3 rings (SSSR count). The number of sulfonamides is 1. The Morgan fingerprint density at radius 3 is 2.35 bits per heavy atom. The smallest absolute Gasteiger partial charge is 0.416 e. The Balaban J connectivity index is 1.99. The number of methoxy groups -OCH3 is 1. The van der Waals surface area contributed by atoms with Crippen LogP contribution in [-0.4, -0.2) is 28.0 Å². The molecule has 180 valence electrons. The number of nitrogens with zero attached hydrogens (tertiary/aromatic N) is 1. The summed E-state index contributed by atoms with van der Waals surface area (Å²) in [6, 6.07) is 14.4. The van der Waals surface area contributed by atoms with Crippen molar-refractivity contribution in [2.45, 2.75) is 18.0 Å². The molecule has 6 nitrogen and oxygen atoms in total. The third-order valence-corrected chi connectivity index (χ3v) is 6.81. The van der Waals surface area contributed by atoms with Crippen LogP contribution < -0.4 is 14.4 Å². The zero-order valence-electron chi connectivity index (χ0n) is 18.1. The average Bonchev–Trinajstić information content (AvgIpc) is 2.77. The van der Waals surface area contributed by atoms with Crippen molar-refractivity contribution in [1.29, 1.82) is 0 Å². The molecule has 3 aromatic carbocycles. The molecule has 0 aromatic heterocycles. The predicted octanol–water partition coefficient (Wildman–Crippen LogP) is 5.51. The van der Waals surface area contributed by atoms with Gasteiger partial charge in [0.25, 0.3) is 10.0 Å². The molecule has 0 saturated carbocycles. The number of benzene rings is 3. The van der Waals surface area contributed by atoms with Gasteiger partial charge in [0.15, 0.2) is 0 Å². The number of rotatable bonds is 7. The maximum atomic E-state index is 13.6. The van der Waals surface area contributed by atoms with Gasteiger partial charge in [0, 0.05) is 10.7 Å². The fraction of sp³-hybridized carbons (Fsp3) is 0.174. The van der Waals surface area contributed by atoms with E-state index in [1.165, 1.54) is 49.6 Å². The summed E-state index contributed by atoms with van der Waals surface area (Å²) in [6.07, 6.45) is -4.60.